The minimum Gasteiger partial charge on any atom is -0.347 e. The summed E-state index contributed by atoms with van der Waals surface area (Å²) in [7, 11) is 0. The van der Waals surface area contributed by atoms with E-state index in [2.05, 4.69) is 5.32 Å². The van der Waals surface area contributed by atoms with E-state index in [0.29, 0.717) is 12.8 Å². The molecule has 5 nitrogen and oxygen atoms in total. The molecule has 1 saturated heterocycles. The summed E-state index contributed by atoms with van der Waals surface area (Å²) in [6.07, 6.45) is 1.10. The number of hydrogen-bond donors (Lipinski definition) is 1. The van der Waals surface area contributed by atoms with Crippen molar-refractivity contribution in [1.82, 2.24) is 10.2 Å². The Hall–Kier alpha value is -1.57. The minimum absolute atomic E-state index is 0.0320. The molecule has 1 fully saturated rings. The topological polar surface area (TPSA) is 73.2 Å². The number of likely N-dealkylation sites (tertiary alicyclic amines) is 1. The fraction of sp³-hybridized carbons (Fsp3) is 0.625. The molecule has 1 aliphatic heterocycles. The summed E-state index contributed by atoms with van der Waals surface area (Å²) in [4.78, 5) is 23.1. The molecule has 5 heteroatoms. The first-order valence-corrected chi connectivity index (χ1v) is 4.07. The maximum Gasteiger partial charge on any atom is 0.246 e. The number of rotatable bonds is 3. The van der Waals surface area contributed by atoms with Gasteiger partial charge in [-0.2, -0.15) is 5.26 Å². The highest BCUT2D eigenvalue weighted by Gasteiger charge is 2.36. The van der Waals surface area contributed by atoms with Gasteiger partial charge in [0.2, 0.25) is 12.3 Å². The van der Waals surface area contributed by atoms with Crippen LogP contribution < -0.4 is 5.32 Å². The quantitative estimate of drug-likeness (QED) is 0.459. The lowest BCUT2D eigenvalue weighted by Crippen LogP contribution is -2.38. The van der Waals surface area contributed by atoms with Crippen LogP contribution in [0.4, 0.5) is 0 Å². The van der Waals surface area contributed by atoms with Crippen molar-refractivity contribution in [3.63, 3.8) is 0 Å². The maximum atomic E-state index is 11.4. The Morgan fingerprint density at radius 2 is 2.54 bits per heavy atom. The maximum absolute atomic E-state index is 11.4. The third kappa shape index (κ3) is 1.78. The second-order valence-electron chi connectivity index (χ2n) is 3.05. The standard InChI is InChI=1S/C8H11N3O2/c1-6-4-7(10-5-12)8(13)11(6)3-2-9/h5-7H,3-4H2,1H3,(H,10,12). The number of amides is 2. The van der Waals surface area contributed by atoms with Crippen molar-refractivity contribution in [2.45, 2.75) is 25.4 Å². The zero-order valence-electron chi connectivity index (χ0n) is 7.36. The van der Waals surface area contributed by atoms with Crippen LogP contribution in [0.5, 0.6) is 0 Å². The molecule has 1 N–H and O–H groups in total. The molecule has 0 bridgehead atoms. The zero-order chi connectivity index (χ0) is 9.84. The van der Waals surface area contributed by atoms with E-state index >= 15 is 0 Å². The smallest absolute Gasteiger partial charge is 0.246 e. The van der Waals surface area contributed by atoms with Crippen LogP contribution in [0.25, 0.3) is 0 Å². The van der Waals surface area contributed by atoms with Crippen molar-refractivity contribution in [2.75, 3.05) is 6.54 Å². The third-order valence-corrected chi connectivity index (χ3v) is 2.20. The molecule has 1 aliphatic rings. The van der Waals surface area contributed by atoms with Crippen molar-refractivity contribution in [3.8, 4) is 6.07 Å². The summed E-state index contributed by atoms with van der Waals surface area (Å²) in [5, 5.41) is 10.9. The van der Waals surface area contributed by atoms with Crippen molar-refractivity contribution in [3.05, 3.63) is 0 Å². The summed E-state index contributed by atoms with van der Waals surface area (Å²) in [6, 6.07) is 1.51. The monoisotopic (exact) mass is 181 g/mol. The number of carbonyl (C=O) groups is 2. The molecule has 0 spiro atoms. The molecular formula is C8H11N3O2. The van der Waals surface area contributed by atoms with E-state index in [9.17, 15) is 9.59 Å². The third-order valence-electron chi connectivity index (χ3n) is 2.20. The Kier molecular flexibility index (Phi) is 2.85. The van der Waals surface area contributed by atoms with Crippen molar-refractivity contribution >= 4 is 12.3 Å². The van der Waals surface area contributed by atoms with Gasteiger partial charge in [0.15, 0.2) is 0 Å². The predicted octanol–water partition coefficient (Wildman–Crippen LogP) is -0.755. The first-order chi connectivity index (χ1) is 6.20. The highest BCUT2D eigenvalue weighted by Crippen LogP contribution is 2.17. The second-order valence-corrected chi connectivity index (χ2v) is 3.05. The van der Waals surface area contributed by atoms with Crippen molar-refractivity contribution < 1.29 is 9.59 Å². The Bertz CT molecular complexity index is 259. The molecule has 70 valence electrons. The van der Waals surface area contributed by atoms with E-state index < -0.39 is 6.04 Å². The molecule has 1 rings (SSSR count). The largest absolute Gasteiger partial charge is 0.347 e. The first kappa shape index (κ1) is 9.52. The van der Waals surface area contributed by atoms with Gasteiger partial charge in [0, 0.05) is 6.04 Å². The van der Waals surface area contributed by atoms with E-state index in [0.717, 1.165) is 0 Å². The van der Waals surface area contributed by atoms with Gasteiger partial charge in [-0.05, 0) is 13.3 Å². The number of carbonyl (C=O) groups excluding carboxylic acids is 2. The molecule has 0 saturated carbocycles. The van der Waals surface area contributed by atoms with Crippen molar-refractivity contribution in [2.24, 2.45) is 0 Å². The van der Waals surface area contributed by atoms with Crippen LogP contribution in [0.2, 0.25) is 0 Å². The first-order valence-electron chi connectivity index (χ1n) is 4.07. The van der Waals surface area contributed by atoms with Gasteiger partial charge in [0.1, 0.15) is 12.6 Å². The Labute approximate surface area is 76.3 Å². The molecule has 0 radical (unpaired) electrons. The Morgan fingerprint density at radius 3 is 3.08 bits per heavy atom. The van der Waals surface area contributed by atoms with Crippen LogP contribution in [-0.2, 0) is 9.59 Å². The molecule has 1 heterocycles. The average Bonchev–Trinajstić information content (AvgIpc) is 2.34. The number of nitrogens with one attached hydrogen (secondary N) is 1. The Morgan fingerprint density at radius 1 is 1.85 bits per heavy atom. The highest BCUT2D eigenvalue weighted by atomic mass is 16.2. The summed E-state index contributed by atoms with van der Waals surface area (Å²) in [5.41, 5.74) is 0. The summed E-state index contributed by atoms with van der Waals surface area (Å²) < 4.78 is 0. The molecule has 2 amide bonds. The number of nitriles is 1. The minimum atomic E-state index is -0.444. The van der Waals surface area contributed by atoms with Gasteiger partial charge >= 0.3 is 0 Å². The van der Waals surface area contributed by atoms with Crippen molar-refractivity contribution in [1.29, 1.82) is 5.26 Å². The fourth-order valence-corrected chi connectivity index (χ4v) is 1.52. The highest BCUT2D eigenvalue weighted by molar-refractivity contribution is 5.86. The van der Waals surface area contributed by atoms with Gasteiger partial charge in [0.25, 0.3) is 0 Å². The van der Waals surface area contributed by atoms with E-state index in [4.69, 9.17) is 5.26 Å². The second kappa shape index (κ2) is 3.90. The molecule has 2 atom stereocenters. The van der Waals surface area contributed by atoms with Gasteiger partial charge in [-0.25, -0.2) is 0 Å². The Balaban J connectivity index is 2.64. The van der Waals surface area contributed by atoms with E-state index in [1.165, 1.54) is 4.90 Å². The zero-order valence-corrected chi connectivity index (χ0v) is 7.36. The normalized spacial score (nSPS) is 27.1. The number of nitrogens with zero attached hydrogens (tertiary/aromatic N) is 2. The van der Waals surface area contributed by atoms with E-state index in [-0.39, 0.29) is 18.5 Å². The lowest BCUT2D eigenvalue weighted by molar-refractivity contribution is -0.131. The summed E-state index contributed by atoms with van der Waals surface area (Å²) in [6.45, 7) is 1.96. The average molecular weight is 181 g/mol. The summed E-state index contributed by atoms with van der Waals surface area (Å²) in [5.74, 6) is -0.166. The van der Waals surface area contributed by atoms with Crippen LogP contribution in [0, 0.1) is 11.3 Å². The molecular weight excluding hydrogens is 170 g/mol. The van der Waals surface area contributed by atoms with Crippen LogP contribution in [0.15, 0.2) is 0 Å². The molecule has 13 heavy (non-hydrogen) atoms. The predicted molar refractivity (Wildman–Crippen MR) is 44.4 cm³/mol. The van der Waals surface area contributed by atoms with Gasteiger partial charge in [-0.15, -0.1) is 0 Å². The van der Waals surface area contributed by atoms with E-state index in [1.54, 1.807) is 0 Å². The molecule has 0 aliphatic carbocycles. The molecule has 0 aromatic heterocycles. The molecule has 0 aromatic rings. The van der Waals surface area contributed by atoms with Crippen LogP contribution >= 0.6 is 0 Å². The van der Waals surface area contributed by atoms with E-state index in [1.807, 2.05) is 13.0 Å². The van der Waals surface area contributed by atoms with Crippen LogP contribution in [-0.4, -0.2) is 35.8 Å². The van der Waals surface area contributed by atoms with Gasteiger partial charge in [-0.1, -0.05) is 0 Å². The van der Waals surface area contributed by atoms with Crippen LogP contribution in [0.3, 0.4) is 0 Å². The van der Waals surface area contributed by atoms with Gasteiger partial charge in [-0.3, -0.25) is 9.59 Å². The molecule has 0 aromatic carbocycles. The van der Waals surface area contributed by atoms with Gasteiger partial charge < -0.3 is 10.2 Å². The summed E-state index contributed by atoms with van der Waals surface area (Å²) >= 11 is 0. The molecule has 2 unspecified atom stereocenters. The van der Waals surface area contributed by atoms with Crippen LogP contribution in [0.1, 0.15) is 13.3 Å². The SMILES string of the molecule is CC1CC(NC=O)C(=O)N1CC#N. The fourth-order valence-electron chi connectivity index (χ4n) is 1.52. The number of hydrogen-bond acceptors (Lipinski definition) is 3. The van der Waals surface area contributed by atoms with Gasteiger partial charge in [0.05, 0.1) is 6.07 Å². The lowest BCUT2D eigenvalue weighted by atomic mass is 10.2. The lowest BCUT2D eigenvalue weighted by Gasteiger charge is -2.16.